The van der Waals surface area contributed by atoms with Gasteiger partial charge in [-0.1, -0.05) is 51.6 Å². The maximum atomic E-state index is 11.1. The van der Waals surface area contributed by atoms with E-state index < -0.39 is 0 Å². The molecule has 1 aromatic rings. The van der Waals surface area contributed by atoms with E-state index in [1.807, 2.05) is 0 Å². The summed E-state index contributed by atoms with van der Waals surface area (Å²) in [6.07, 6.45) is 0. The van der Waals surface area contributed by atoms with Gasteiger partial charge in [0, 0.05) is 13.6 Å². The molecule has 1 rings (SSSR count). The summed E-state index contributed by atoms with van der Waals surface area (Å²) in [7, 11) is 1.76. The highest BCUT2D eigenvalue weighted by molar-refractivity contribution is 7.96. The number of aryl methyl sites for hydroxylation is 1. The van der Waals surface area contributed by atoms with Crippen molar-refractivity contribution in [3.05, 3.63) is 34.9 Å². The molecule has 0 fully saturated rings. The van der Waals surface area contributed by atoms with Crippen molar-refractivity contribution < 1.29 is 4.79 Å². The number of nitrogens with zero attached hydrogens (tertiary/aromatic N) is 1. The number of hydrogen-bond donors (Lipinski definition) is 1. The molecule has 1 amide bonds. The lowest BCUT2D eigenvalue weighted by molar-refractivity contribution is 0.232. The van der Waals surface area contributed by atoms with E-state index in [1.165, 1.54) is 16.7 Å². The quantitative estimate of drug-likeness (QED) is 0.793. The zero-order valence-corrected chi connectivity index (χ0v) is 12.1. The van der Waals surface area contributed by atoms with Crippen LogP contribution in [0.3, 0.4) is 0 Å². The molecule has 94 valence electrons. The number of hydrogen-bond acceptors (Lipinski definition) is 1. The Hall–Kier alpha value is -0.960. The largest absolute Gasteiger partial charge is 0.333 e. The van der Waals surface area contributed by atoms with Crippen molar-refractivity contribution in [1.29, 1.82) is 0 Å². The van der Waals surface area contributed by atoms with E-state index in [4.69, 9.17) is 0 Å². The van der Waals surface area contributed by atoms with Crippen LogP contribution in [0.15, 0.2) is 18.2 Å². The first-order chi connectivity index (χ1) is 7.71. The van der Waals surface area contributed by atoms with E-state index in [1.54, 1.807) is 11.9 Å². The maximum absolute atomic E-state index is 11.1. The van der Waals surface area contributed by atoms with Gasteiger partial charge in [-0.2, -0.15) is 0 Å². The van der Waals surface area contributed by atoms with Gasteiger partial charge in [0.1, 0.15) is 0 Å². The molecule has 0 bridgehead atoms. The summed E-state index contributed by atoms with van der Waals surface area (Å²) in [6.45, 7) is 9.25. The monoisotopic (exact) mass is 251 g/mol. The standard InChI is InChI=1S/C14H21NOS/c1-10-6-7-12(14(2,3)4)8-11(10)9-15(5)13(16)17/h6-8H,9H2,1-5H3,(H,16,17). The Morgan fingerprint density at radius 1 is 1.35 bits per heavy atom. The molecule has 0 aromatic heterocycles. The predicted octanol–water partition coefficient (Wildman–Crippen LogP) is 3.77. The summed E-state index contributed by atoms with van der Waals surface area (Å²) < 4.78 is 0. The van der Waals surface area contributed by atoms with E-state index in [-0.39, 0.29) is 10.7 Å². The second kappa shape index (κ2) is 5.13. The fourth-order valence-corrected chi connectivity index (χ4v) is 1.70. The van der Waals surface area contributed by atoms with Gasteiger partial charge in [-0.25, -0.2) is 0 Å². The molecule has 0 saturated heterocycles. The number of thiol groups is 1. The topological polar surface area (TPSA) is 20.3 Å². The molecule has 0 aliphatic heterocycles. The number of benzene rings is 1. The normalized spacial score (nSPS) is 11.4. The Labute approximate surface area is 109 Å². The highest BCUT2D eigenvalue weighted by Crippen LogP contribution is 2.25. The van der Waals surface area contributed by atoms with Crippen LogP contribution in [0.2, 0.25) is 0 Å². The first-order valence-corrected chi connectivity index (χ1v) is 6.20. The van der Waals surface area contributed by atoms with Crippen molar-refractivity contribution in [1.82, 2.24) is 4.90 Å². The highest BCUT2D eigenvalue weighted by atomic mass is 32.1. The number of carbonyl (C=O) groups excluding carboxylic acids is 1. The van der Waals surface area contributed by atoms with Crippen LogP contribution in [-0.4, -0.2) is 17.2 Å². The van der Waals surface area contributed by atoms with Gasteiger partial charge >= 0.3 is 0 Å². The zero-order valence-electron chi connectivity index (χ0n) is 11.2. The molecular formula is C14H21NOS. The van der Waals surface area contributed by atoms with Crippen molar-refractivity contribution >= 4 is 17.9 Å². The second-order valence-electron chi connectivity index (χ2n) is 5.53. The lowest BCUT2D eigenvalue weighted by atomic mass is 9.85. The first-order valence-electron chi connectivity index (χ1n) is 5.76. The molecule has 0 atom stereocenters. The smallest absolute Gasteiger partial charge is 0.278 e. The Kier molecular flexibility index (Phi) is 4.26. The van der Waals surface area contributed by atoms with Crippen LogP contribution in [-0.2, 0) is 12.0 Å². The Balaban J connectivity index is 3.03. The van der Waals surface area contributed by atoms with Crippen molar-refractivity contribution in [2.75, 3.05) is 7.05 Å². The van der Waals surface area contributed by atoms with E-state index in [2.05, 4.69) is 58.5 Å². The fraction of sp³-hybridized carbons (Fsp3) is 0.500. The summed E-state index contributed by atoms with van der Waals surface area (Å²) in [4.78, 5) is 12.7. The van der Waals surface area contributed by atoms with Gasteiger partial charge in [0.15, 0.2) is 0 Å². The van der Waals surface area contributed by atoms with Gasteiger partial charge in [-0.3, -0.25) is 4.79 Å². The minimum atomic E-state index is -0.203. The summed E-state index contributed by atoms with van der Waals surface area (Å²) in [5, 5.41) is -0.203. The van der Waals surface area contributed by atoms with E-state index >= 15 is 0 Å². The second-order valence-corrected chi connectivity index (χ2v) is 5.91. The molecular weight excluding hydrogens is 230 g/mol. The molecule has 0 N–H and O–H groups in total. The van der Waals surface area contributed by atoms with Gasteiger partial charge in [0.25, 0.3) is 5.24 Å². The number of carbonyl (C=O) groups is 1. The van der Waals surface area contributed by atoms with Crippen LogP contribution >= 0.6 is 12.6 Å². The minimum Gasteiger partial charge on any atom is -0.333 e. The third-order valence-electron chi connectivity index (χ3n) is 2.95. The van der Waals surface area contributed by atoms with Gasteiger partial charge in [-0.15, -0.1) is 0 Å². The Morgan fingerprint density at radius 3 is 2.41 bits per heavy atom. The van der Waals surface area contributed by atoms with Crippen molar-refractivity contribution in [3.63, 3.8) is 0 Å². The predicted molar refractivity (Wildman–Crippen MR) is 75.7 cm³/mol. The van der Waals surface area contributed by atoms with E-state index in [0.717, 1.165) is 0 Å². The van der Waals surface area contributed by atoms with Crippen LogP contribution < -0.4 is 0 Å². The summed E-state index contributed by atoms with van der Waals surface area (Å²) >= 11 is 3.83. The SMILES string of the molecule is Cc1ccc(C(C)(C)C)cc1CN(C)C(=O)S. The molecule has 17 heavy (non-hydrogen) atoms. The van der Waals surface area contributed by atoms with Crippen molar-refractivity contribution in [2.45, 2.75) is 39.7 Å². The average Bonchev–Trinajstić information content (AvgIpc) is 2.19. The molecule has 3 heteroatoms. The summed E-state index contributed by atoms with van der Waals surface area (Å²) in [5.41, 5.74) is 3.81. The van der Waals surface area contributed by atoms with Gasteiger partial charge < -0.3 is 4.90 Å². The molecule has 0 heterocycles. The van der Waals surface area contributed by atoms with Crippen molar-refractivity contribution in [2.24, 2.45) is 0 Å². The third-order valence-corrected chi connectivity index (χ3v) is 3.29. The molecule has 1 aromatic carbocycles. The maximum Gasteiger partial charge on any atom is 0.278 e. The zero-order chi connectivity index (χ0) is 13.2. The van der Waals surface area contributed by atoms with E-state index in [0.29, 0.717) is 6.54 Å². The Morgan fingerprint density at radius 2 is 1.94 bits per heavy atom. The van der Waals surface area contributed by atoms with Crippen LogP contribution in [0, 0.1) is 6.92 Å². The van der Waals surface area contributed by atoms with Crippen molar-refractivity contribution in [3.8, 4) is 0 Å². The molecule has 0 saturated carbocycles. The van der Waals surface area contributed by atoms with Gasteiger partial charge in [0.05, 0.1) is 0 Å². The van der Waals surface area contributed by atoms with Crippen LogP contribution in [0.5, 0.6) is 0 Å². The molecule has 0 unspecified atom stereocenters. The van der Waals surface area contributed by atoms with Crippen LogP contribution in [0.25, 0.3) is 0 Å². The lowest BCUT2D eigenvalue weighted by Crippen LogP contribution is -2.21. The van der Waals surface area contributed by atoms with Crippen LogP contribution in [0.4, 0.5) is 4.79 Å². The Bertz CT molecular complexity index is 421. The average molecular weight is 251 g/mol. The van der Waals surface area contributed by atoms with Gasteiger partial charge in [0.2, 0.25) is 0 Å². The third kappa shape index (κ3) is 3.77. The van der Waals surface area contributed by atoms with E-state index in [9.17, 15) is 4.79 Å². The lowest BCUT2D eigenvalue weighted by Gasteiger charge is -2.22. The number of amides is 1. The fourth-order valence-electron chi connectivity index (χ4n) is 1.63. The molecule has 2 nitrogen and oxygen atoms in total. The highest BCUT2D eigenvalue weighted by Gasteiger charge is 2.15. The molecule has 0 radical (unpaired) electrons. The number of rotatable bonds is 2. The molecule has 0 aliphatic rings. The summed E-state index contributed by atoms with van der Waals surface area (Å²) in [5.74, 6) is 0. The minimum absolute atomic E-state index is 0.131. The van der Waals surface area contributed by atoms with Crippen LogP contribution in [0.1, 0.15) is 37.5 Å². The first kappa shape index (κ1) is 14.1. The molecule has 0 spiro atoms. The molecule has 0 aliphatic carbocycles. The summed E-state index contributed by atoms with van der Waals surface area (Å²) in [6, 6.07) is 6.46. The van der Waals surface area contributed by atoms with Gasteiger partial charge in [-0.05, 0) is 29.0 Å².